The minimum atomic E-state index is -0.430. The Morgan fingerprint density at radius 1 is 1.22 bits per heavy atom. The van der Waals surface area contributed by atoms with E-state index in [0.717, 1.165) is 26.2 Å². The van der Waals surface area contributed by atoms with E-state index in [2.05, 4.69) is 46.3 Å². The van der Waals surface area contributed by atoms with Gasteiger partial charge in [-0.3, -0.25) is 14.5 Å². The Morgan fingerprint density at radius 2 is 1.96 bits per heavy atom. The molecule has 2 saturated heterocycles. The van der Waals surface area contributed by atoms with Crippen LogP contribution in [0.15, 0.2) is 24.3 Å². The van der Waals surface area contributed by atoms with E-state index in [9.17, 15) is 9.59 Å². The Balaban J connectivity index is 1.53. The summed E-state index contributed by atoms with van der Waals surface area (Å²) in [7, 11) is 0. The number of hydrogen-bond acceptors (Lipinski definition) is 5. The molecule has 3 N–H and O–H groups in total. The van der Waals surface area contributed by atoms with Crippen LogP contribution in [0.5, 0.6) is 0 Å². The first-order valence-corrected chi connectivity index (χ1v) is 9.84. The standard InChI is InChI=1S/C20H31N5O2/c1-3-22-20(27)18-12-16(21)13-25(18)19(26)14-23-7-9-24(10-8-23)17-6-4-5-15(2)11-17/h4-6,11,16,18H,3,7-10,12-14,21H2,1-2H3,(H,22,27)/t16-,18-/m0/s1. The molecule has 2 heterocycles. The van der Waals surface area contributed by atoms with Crippen LogP contribution in [0.1, 0.15) is 18.9 Å². The van der Waals surface area contributed by atoms with Gasteiger partial charge in [0.1, 0.15) is 6.04 Å². The fourth-order valence-corrected chi connectivity index (χ4v) is 3.96. The molecule has 0 aliphatic carbocycles. The Bertz CT molecular complexity index is 672. The zero-order valence-electron chi connectivity index (χ0n) is 16.4. The van der Waals surface area contributed by atoms with Crippen LogP contribution in [0, 0.1) is 6.92 Å². The number of amides is 2. The first-order valence-electron chi connectivity index (χ1n) is 9.84. The van der Waals surface area contributed by atoms with Crippen molar-refractivity contribution < 1.29 is 9.59 Å². The SMILES string of the molecule is CCNC(=O)[C@@H]1C[C@H](N)CN1C(=O)CN1CCN(c2cccc(C)c2)CC1. The summed E-state index contributed by atoms with van der Waals surface area (Å²) in [6.45, 7) is 8.83. The van der Waals surface area contributed by atoms with Crippen molar-refractivity contribution in [1.29, 1.82) is 0 Å². The van der Waals surface area contributed by atoms with Crippen LogP contribution >= 0.6 is 0 Å². The highest BCUT2D eigenvalue weighted by atomic mass is 16.2. The molecule has 1 aromatic rings. The van der Waals surface area contributed by atoms with Crippen molar-refractivity contribution in [3.63, 3.8) is 0 Å². The van der Waals surface area contributed by atoms with Gasteiger partial charge in [0.25, 0.3) is 0 Å². The minimum Gasteiger partial charge on any atom is -0.369 e. The number of likely N-dealkylation sites (tertiary alicyclic amines) is 1. The molecule has 0 unspecified atom stereocenters. The normalized spacial score (nSPS) is 23.5. The number of nitrogens with zero attached hydrogens (tertiary/aromatic N) is 3. The lowest BCUT2D eigenvalue weighted by Crippen LogP contribution is -2.52. The van der Waals surface area contributed by atoms with Crippen LogP contribution in [0.4, 0.5) is 5.69 Å². The maximum absolute atomic E-state index is 12.8. The van der Waals surface area contributed by atoms with E-state index in [4.69, 9.17) is 5.73 Å². The number of carbonyl (C=O) groups excluding carboxylic acids is 2. The summed E-state index contributed by atoms with van der Waals surface area (Å²) in [5, 5.41) is 2.82. The number of piperazine rings is 1. The fraction of sp³-hybridized carbons (Fsp3) is 0.600. The number of carbonyl (C=O) groups is 2. The van der Waals surface area contributed by atoms with Crippen LogP contribution in [0.25, 0.3) is 0 Å². The summed E-state index contributed by atoms with van der Waals surface area (Å²) >= 11 is 0. The number of benzene rings is 1. The van der Waals surface area contributed by atoms with Gasteiger partial charge in [-0.25, -0.2) is 0 Å². The molecule has 148 valence electrons. The van der Waals surface area contributed by atoms with E-state index >= 15 is 0 Å². The maximum Gasteiger partial charge on any atom is 0.242 e. The van der Waals surface area contributed by atoms with E-state index in [1.54, 1.807) is 4.90 Å². The van der Waals surface area contributed by atoms with Gasteiger partial charge in [-0.1, -0.05) is 12.1 Å². The number of hydrogen-bond donors (Lipinski definition) is 2. The van der Waals surface area contributed by atoms with Gasteiger partial charge in [-0.05, 0) is 38.0 Å². The lowest BCUT2D eigenvalue weighted by atomic mass is 10.1. The largest absolute Gasteiger partial charge is 0.369 e. The molecule has 0 bridgehead atoms. The first-order chi connectivity index (χ1) is 13.0. The highest BCUT2D eigenvalue weighted by Crippen LogP contribution is 2.20. The average Bonchev–Trinajstić information content (AvgIpc) is 3.05. The molecule has 2 aliphatic heterocycles. The smallest absolute Gasteiger partial charge is 0.242 e. The van der Waals surface area contributed by atoms with Crippen molar-refractivity contribution in [2.24, 2.45) is 5.73 Å². The van der Waals surface area contributed by atoms with Gasteiger partial charge < -0.3 is 20.9 Å². The summed E-state index contributed by atoms with van der Waals surface area (Å²) in [6.07, 6.45) is 0.540. The van der Waals surface area contributed by atoms with E-state index in [-0.39, 0.29) is 17.9 Å². The van der Waals surface area contributed by atoms with Crippen molar-refractivity contribution in [2.75, 3.05) is 50.7 Å². The zero-order chi connectivity index (χ0) is 19.4. The predicted octanol–water partition coefficient (Wildman–Crippen LogP) is 0.181. The molecule has 2 atom stereocenters. The molecule has 0 radical (unpaired) electrons. The Kier molecular flexibility index (Phi) is 6.34. The summed E-state index contributed by atoms with van der Waals surface area (Å²) in [4.78, 5) is 31.3. The molecule has 2 aliphatic rings. The fourth-order valence-electron chi connectivity index (χ4n) is 3.96. The van der Waals surface area contributed by atoms with Gasteiger partial charge in [-0.15, -0.1) is 0 Å². The molecule has 0 spiro atoms. The number of nitrogens with two attached hydrogens (primary N) is 1. The third kappa shape index (κ3) is 4.78. The highest BCUT2D eigenvalue weighted by molar-refractivity contribution is 5.89. The second kappa shape index (κ2) is 8.71. The van der Waals surface area contributed by atoms with Gasteiger partial charge in [-0.2, -0.15) is 0 Å². The Labute approximate surface area is 161 Å². The molecular weight excluding hydrogens is 342 g/mol. The number of aryl methyl sites for hydroxylation is 1. The predicted molar refractivity (Wildman–Crippen MR) is 107 cm³/mol. The number of nitrogens with one attached hydrogen (secondary N) is 1. The first kappa shape index (κ1) is 19.6. The van der Waals surface area contributed by atoms with Gasteiger partial charge in [0.2, 0.25) is 11.8 Å². The van der Waals surface area contributed by atoms with Gasteiger partial charge >= 0.3 is 0 Å². The van der Waals surface area contributed by atoms with E-state index in [1.165, 1.54) is 11.3 Å². The van der Waals surface area contributed by atoms with Crippen LogP contribution in [-0.2, 0) is 9.59 Å². The van der Waals surface area contributed by atoms with Crippen molar-refractivity contribution in [1.82, 2.24) is 15.1 Å². The topological polar surface area (TPSA) is 81.9 Å². The molecule has 2 fully saturated rings. The minimum absolute atomic E-state index is 0.00297. The van der Waals surface area contributed by atoms with E-state index in [1.807, 2.05) is 6.92 Å². The van der Waals surface area contributed by atoms with Crippen LogP contribution in [0.3, 0.4) is 0 Å². The van der Waals surface area contributed by atoms with Gasteiger partial charge in [0.05, 0.1) is 6.54 Å². The van der Waals surface area contributed by atoms with Crippen molar-refractivity contribution in [3.05, 3.63) is 29.8 Å². The lowest BCUT2D eigenvalue weighted by Gasteiger charge is -2.36. The van der Waals surface area contributed by atoms with Crippen LogP contribution < -0.4 is 16.0 Å². The monoisotopic (exact) mass is 373 g/mol. The maximum atomic E-state index is 12.8. The number of anilines is 1. The van der Waals surface area contributed by atoms with Crippen LogP contribution in [-0.4, -0.2) is 79.5 Å². The second-order valence-electron chi connectivity index (χ2n) is 7.55. The molecule has 27 heavy (non-hydrogen) atoms. The molecule has 0 aromatic heterocycles. The zero-order valence-corrected chi connectivity index (χ0v) is 16.4. The van der Waals surface area contributed by atoms with E-state index < -0.39 is 6.04 Å². The summed E-state index contributed by atoms with van der Waals surface area (Å²) in [6, 6.07) is 7.96. The molecule has 7 nitrogen and oxygen atoms in total. The third-order valence-corrected chi connectivity index (χ3v) is 5.41. The summed E-state index contributed by atoms with van der Waals surface area (Å²) in [5.41, 5.74) is 8.52. The molecule has 0 saturated carbocycles. The van der Waals surface area contributed by atoms with Crippen molar-refractivity contribution in [3.8, 4) is 0 Å². The molecule has 3 rings (SSSR count). The van der Waals surface area contributed by atoms with Crippen molar-refractivity contribution in [2.45, 2.75) is 32.4 Å². The molecule has 2 amide bonds. The lowest BCUT2D eigenvalue weighted by molar-refractivity contribution is -0.139. The second-order valence-corrected chi connectivity index (χ2v) is 7.55. The van der Waals surface area contributed by atoms with E-state index in [0.29, 0.717) is 26.1 Å². The molecule has 1 aromatic carbocycles. The summed E-state index contributed by atoms with van der Waals surface area (Å²) in [5.74, 6) is -0.0914. The highest BCUT2D eigenvalue weighted by Gasteiger charge is 2.38. The Morgan fingerprint density at radius 3 is 2.63 bits per heavy atom. The third-order valence-electron chi connectivity index (χ3n) is 5.41. The molecular formula is C20H31N5O2. The number of rotatable bonds is 5. The average molecular weight is 374 g/mol. The summed E-state index contributed by atoms with van der Waals surface area (Å²) < 4.78 is 0. The quantitative estimate of drug-likeness (QED) is 0.770. The molecule has 7 heteroatoms. The van der Waals surface area contributed by atoms with Crippen LogP contribution in [0.2, 0.25) is 0 Å². The number of likely N-dealkylation sites (N-methyl/N-ethyl adjacent to an activating group) is 1. The van der Waals surface area contributed by atoms with Gasteiger partial charge in [0.15, 0.2) is 0 Å². The van der Waals surface area contributed by atoms with Gasteiger partial charge in [0, 0.05) is 51.0 Å². The van der Waals surface area contributed by atoms with Crippen molar-refractivity contribution >= 4 is 17.5 Å². The Hall–Kier alpha value is -2.12.